The Bertz CT molecular complexity index is 1080. The molecule has 0 atom stereocenters. The van der Waals surface area contributed by atoms with Crippen molar-refractivity contribution in [1.82, 2.24) is 25.2 Å². The van der Waals surface area contributed by atoms with Crippen molar-refractivity contribution in [3.63, 3.8) is 0 Å². The van der Waals surface area contributed by atoms with Gasteiger partial charge in [-0.05, 0) is 42.0 Å². The fraction of sp³-hybridized carbons (Fsp3) is 0.0556. The van der Waals surface area contributed by atoms with Crippen molar-refractivity contribution in [2.45, 2.75) is 6.92 Å². The Morgan fingerprint density at radius 2 is 1.92 bits per heavy atom. The molecule has 7 heteroatoms. The number of anilines is 2. The molecule has 4 rings (SSSR count). The number of nitriles is 1. The zero-order chi connectivity index (χ0) is 17.2. The standard InChI is InChI=1S/C18H13N7/c1-12-14(10-19)18(22-13-6-3-2-4-7-13)23-15-8-5-9-16(17(12)15)25-21-11-20-24-25/h2-9,11H,1H3,(H,22,23). The molecule has 0 aliphatic rings. The summed E-state index contributed by atoms with van der Waals surface area (Å²) < 4.78 is 0. The maximum absolute atomic E-state index is 9.68. The molecule has 0 bridgehead atoms. The first-order chi connectivity index (χ1) is 12.3. The van der Waals surface area contributed by atoms with Crippen LogP contribution >= 0.6 is 0 Å². The molecule has 2 aromatic carbocycles. The average Bonchev–Trinajstić information content (AvgIpc) is 3.17. The molecule has 2 heterocycles. The Kier molecular flexibility index (Phi) is 3.56. The molecule has 1 N–H and O–H groups in total. The van der Waals surface area contributed by atoms with Gasteiger partial charge in [-0.15, -0.1) is 15.0 Å². The van der Waals surface area contributed by atoms with Gasteiger partial charge in [0.05, 0.1) is 16.8 Å². The van der Waals surface area contributed by atoms with Crippen LogP contribution in [0.4, 0.5) is 11.5 Å². The van der Waals surface area contributed by atoms with E-state index in [0.29, 0.717) is 11.4 Å². The number of tetrazole rings is 1. The van der Waals surface area contributed by atoms with E-state index < -0.39 is 0 Å². The van der Waals surface area contributed by atoms with Gasteiger partial charge >= 0.3 is 0 Å². The fourth-order valence-electron chi connectivity index (χ4n) is 2.81. The molecular weight excluding hydrogens is 314 g/mol. The summed E-state index contributed by atoms with van der Waals surface area (Å²) in [6.45, 7) is 1.90. The van der Waals surface area contributed by atoms with Crippen molar-refractivity contribution >= 4 is 22.4 Å². The highest BCUT2D eigenvalue weighted by atomic mass is 15.6. The number of benzene rings is 2. The minimum absolute atomic E-state index is 0.490. The molecule has 0 saturated carbocycles. The lowest BCUT2D eigenvalue weighted by atomic mass is 10.0. The summed E-state index contributed by atoms with van der Waals surface area (Å²) in [5, 5.41) is 25.5. The Morgan fingerprint density at radius 3 is 2.64 bits per heavy atom. The first kappa shape index (κ1) is 14.8. The number of hydrogen-bond acceptors (Lipinski definition) is 6. The summed E-state index contributed by atoms with van der Waals surface area (Å²) in [4.78, 5) is 6.08. The third-order valence-corrected chi connectivity index (χ3v) is 3.95. The Hall–Kier alpha value is -3.79. The third kappa shape index (κ3) is 2.56. The predicted molar refractivity (Wildman–Crippen MR) is 93.6 cm³/mol. The molecule has 0 radical (unpaired) electrons. The number of nitrogens with one attached hydrogen (secondary N) is 1. The van der Waals surface area contributed by atoms with Crippen LogP contribution in [0.5, 0.6) is 0 Å². The first-order valence-electron chi connectivity index (χ1n) is 7.67. The highest BCUT2D eigenvalue weighted by molar-refractivity contribution is 5.94. The van der Waals surface area contributed by atoms with E-state index in [1.54, 1.807) is 0 Å². The summed E-state index contributed by atoms with van der Waals surface area (Å²) in [6.07, 6.45) is 1.37. The molecule has 0 spiro atoms. The molecule has 25 heavy (non-hydrogen) atoms. The summed E-state index contributed by atoms with van der Waals surface area (Å²) >= 11 is 0. The van der Waals surface area contributed by atoms with Crippen LogP contribution in [-0.4, -0.2) is 25.2 Å². The SMILES string of the molecule is Cc1c(C#N)c(Nc2ccccc2)nc2cccc(-n3ncnn3)c12. The van der Waals surface area contributed by atoms with E-state index in [1.165, 1.54) is 11.1 Å². The van der Waals surface area contributed by atoms with E-state index in [2.05, 4.69) is 31.8 Å². The van der Waals surface area contributed by atoms with Gasteiger partial charge in [0.15, 0.2) is 6.33 Å². The van der Waals surface area contributed by atoms with Gasteiger partial charge in [-0.25, -0.2) is 4.98 Å². The maximum Gasteiger partial charge on any atom is 0.162 e. The molecule has 0 saturated heterocycles. The van der Waals surface area contributed by atoms with Gasteiger partial charge in [-0.2, -0.15) is 5.26 Å². The Balaban J connectivity index is 1.94. The van der Waals surface area contributed by atoms with Crippen molar-refractivity contribution in [3.8, 4) is 11.8 Å². The summed E-state index contributed by atoms with van der Waals surface area (Å²) in [5.41, 5.74) is 3.68. The van der Waals surface area contributed by atoms with E-state index >= 15 is 0 Å². The lowest BCUT2D eigenvalue weighted by Gasteiger charge is -2.13. The number of aromatic nitrogens is 5. The van der Waals surface area contributed by atoms with Crippen LogP contribution in [-0.2, 0) is 0 Å². The summed E-state index contributed by atoms with van der Waals surface area (Å²) in [6, 6.07) is 17.6. The van der Waals surface area contributed by atoms with Gasteiger partial charge in [-0.3, -0.25) is 0 Å². The minimum Gasteiger partial charge on any atom is -0.339 e. The van der Waals surface area contributed by atoms with Crippen molar-refractivity contribution in [1.29, 1.82) is 5.26 Å². The first-order valence-corrected chi connectivity index (χ1v) is 7.67. The zero-order valence-corrected chi connectivity index (χ0v) is 13.4. The highest BCUT2D eigenvalue weighted by Gasteiger charge is 2.16. The second kappa shape index (κ2) is 6.02. The molecule has 4 aromatic rings. The van der Waals surface area contributed by atoms with Gasteiger partial charge in [-0.1, -0.05) is 24.3 Å². The summed E-state index contributed by atoms with van der Waals surface area (Å²) in [5.74, 6) is 0.530. The average molecular weight is 327 g/mol. The van der Waals surface area contributed by atoms with E-state index in [9.17, 15) is 5.26 Å². The lowest BCUT2D eigenvalue weighted by Crippen LogP contribution is -2.05. The second-order valence-corrected chi connectivity index (χ2v) is 5.46. The van der Waals surface area contributed by atoms with Gasteiger partial charge in [0.25, 0.3) is 0 Å². The Morgan fingerprint density at radius 1 is 1.08 bits per heavy atom. The predicted octanol–water partition coefficient (Wildman–Crippen LogP) is 3.13. The van der Waals surface area contributed by atoms with Gasteiger partial charge in [0.1, 0.15) is 11.9 Å². The van der Waals surface area contributed by atoms with Crippen molar-refractivity contribution < 1.29 is 0 Å². The molecule has 2 aromatic heterocycles. The number of para-hydroxylation sites is 1. The van der Waals surface area contributed by atoms with E-state index in [1.807, 2.05) is 55.5 Å². The largest absolute Gasteiger partial charge is 0.339 e. The molecule has 0 unspecified atom stereocenters. The number of hydrogen-bond donors (Lipinski definition) is 1. The third-order valence-electron chi connectivity index (χ3n) is 3.95. The summed E-state index contributed by atoms with van der Waals surface area (Å²) in [7, 11) is 0. The van der Waals surface area contributed by atoms with E-state index in [4.69, 9.17) is 0 Å². The Labute approximate surface area is 143 Å². The van der Waals surface area contributed by atoms with Crippen LogP contribution in [0.25, 0.3) is 16.6 Å². The zero-order valence-electron chi connectivity index (χ0n) is 13.4. The van der Waals surface area contributed by atoms with E-state index in [-0.39, 0.29) is 0 Å². The lowest BCUT2D eigenvalue weighted by molar-refractivity contribution is 0.724. The highest BCUT2D eigenvalue weighted by Crippen LogP contribution is 2.30. The maximum atomic E-state index is 9.68. The fourth-order valence-corrected chi connectivity index (χ4v) is 2.81. The number of aryl methyl sites for hydroxylation is 1. The number of rotatable bonds is 3. The normalized spacial score (nSPS) is 10.6. The number of pyridine rings is 1. The van der Waals surface area contributed by atoms with Crippen molar-refractivity contribution in [3.05, 3.63) is 66.0 Å². The molecular formula is C18H13N7. The van der Waals surface area contributed by atoms with Crippen LogP contribution in [0.2, 0.25) is 0 Å². The van der Waals surface area contributed by atoms with Crippen LogP contribution in [0.1, 0.15) is 11.1 Å². The topological polar surface area (TPSA) is 92.3 Å². The molecule has 0 amide bonds. The molecule has 0 aliphatic heterocycles. The minimum atomic E-state index is 0.490. The van der Waals surface area contributed by atoms with Crippen molar-refractivity contribution in [2.75, 3.05) is 5.32 Å². The second-order valence-electron chi connectivity index (χ2n) is 5.46. The van der Waals surface area contributed by atoms with Crippen LogP contribution in [0, 0.1) is 18.3 Å². The molecule has 7 nitrogen and oxygen atoms in total. The van der Waals surface area contributed by atoms with Gasteiger partial charge in [0.2, 0.25) is 0 Å². The quantitative estimate of drug-likeness (QED) is 0.621. The molecule has 120 valence electrons. The monoisotopic (exact) mass is 327 g/mol. The van der Waals surface area contributed by atoms with Crippen molar-refractivity contribution in [2.24, 2.45) is 0 Å². The van der Waals surface area contributed by atoms with Gasteiger partial charge < -0.3 is 5.32 Å². The number of nitrogens with zero attached hydrogens (tertiary/aromatic N) is 6. The van der Waals surface area contributed by atoms with Crippen LogP contribution in [0.15, 0.2) is 54.9 Å². The smallest absolute Gasteiger partial charge is 0.162 e. The van der Waals surface area contributed by atoms with Crippen LogP contribution in [0.3, 0.4) is 0 Å². The molecule has 0 aliphatic carbocycles. The van der Waals surface area contributed by atoms with Gasteiger partial charge in [0, 0.05) is 11.1 Å². The van der Waals surface area contributed by atoms with Crippen LogP contribution < -0.4 is 5.32 Å². The molecule has 0 fully saturated rings. The number of fused-ring (bicyclic) bond motifs is 1. The van der Waals surface area contributed by atoms with E-state index in [0.717, 1.165) is 27.8 Å².